The summed E-state index contributed by atoms with van der Waals surface area (Å²) in [5.41, 5.74) is 4.80. The highest BCUT2D eigenvalue weighted by molar-refractivity contribution is 5.81. The van der Waals surface area contributed by atoms with E-state index in [0.717, 1.165) is 11.3 Å². The molecule has 3 rings (SSSR count). The van der Waals surface area contributed by atoms with Crippen LogP contribution in [0, 0.1) is 25.7 Å². The summed E-state index contributed by atoms with van der Waals surface area (Å²) in [5.74, 6) is 2.13. The van der Waals surface area contributed by atoms with Gasteiger partial charge in [0, 0.05) is 20.2 Å². The molecule has 21 heavy (non-hydrogen) atoms. The molecular formula is C17H26N3O+. The van der Waals surface area contributed by atoms with Crippen molar-refractivity contribution in [2.75, 3.05) is 0 Å². The number of aromatic nitrogens is 3. The molecule has 1 saturated heterocycles. The van der Waals surface area contributed by atoms with E-state index < -0.39 is 0 Å². The molecule has 0 amide bonds. The van der Waals surface area contributed by atoms with Gasteiger partial charge < -0.3 is 9.30 Å². The van der Waals surface area contributed by atoms with Crippen LogP contribution in [-0.2, 0) is 18.8 Å². The summed E-state index contributed by atoms with van der Waals surface area (Å²) in [7, 11) is 4.17. The van der Waals surface area contributed by atoms with Gasteiger partial charge in [-0.05, 0) is 30.7 Å². The first-order chi connectivity index (χ1) is 9.82. The lowest BCUT2D eigenvalue weighted by atomic mass is 9.88. The summed E-state index contributed by atoms with van der Waals surface area (Å²) in [4.78, 5) is 4.85. The minimum Gasteiger partial charge on any atom is -0.370 e. The van der Waals surface area contributed by atoms with E-state index in [1.165, 1.54) is 16.8 Å². The molecule has 0 aliphatic carbocycles. The summed E-state index contributed by atoms with van der Waals surface area (Å²) in [5, 5.41) is 0. The average Bonchev–Trinajstić information content (AvgIpc) is 2.88. The molecule has 2 aromatic heterocycles. The normalized spacial score (nSPS) is 29.5. The van der Waals surface area contributed by atoms with Crippen LogP contribution in [0.4, 0.5) is 0 Å². The third kappa shape index (κ3) is 2.00. The third-order valence-corrected chi connectivity index (χ3v) is 5.50. The van der Waals surface area contributed by atoms with Gasteiger partial charge in [-0.15, -0.1) is 0 Å². The molecule has 0 saturated carbocycles. The van der Waals surface area contributed by atoms with Gasteiger partial charge in [0.1, 0.15) is 11.2 Å². The number of fused-ring (bicyclic) bond motifs is 1. The number of nitrogens with zero attached hydrogens (tertiary/aromatic N) is 3. The zero-order chi connectivity index (χ0) is 15.5. The molecule has 4 nitrogen and oxygen atoms in total. The predicted octanol–water partition coefficient (Wildman–Crippen LogP) is 2.75. The molecule has 4 atom stereocenters. The first-order valence-electron chi connectivity index (χ1n) is 7.80. The van der Waals surface area contributed by atoms with E-state index in [1.54, 1.807) is 0 Å². The van der Waals surface area contributed by atoms with Crippen LogP contribution in [0.5, 0.6) is 0 Å². The Kier molecular flexibility index (Phi) is 3.32. The molecule has 114 valence electrons. The van der Waals surface area contributed by atoms with Gasteiger partial charge in [-0.25, -0.2) is 4.57 Å². The molecule has 1 fully saturated rings. The molecule has 0 aromatic carbocycles. The van der Waals surface area contributed by atoms with Gasteiger partial charge in [-0.3, -0.25) is 0 Å². The van der Waals surface area contributed by atoms with Crippen molar-refractivity contribution in [1.82, 2.24) is 9.55 Å². The Labute approximate surface area is 126 Å². The fourth-order valence-corrected chi connectivity index (χ4v) is 3.57. The Hall–Kier alpha value is -1.42. The molecule has 1 aliphatic rings. The Morgan fingerprint density at radius 3 is 2.43 bits per heavy atom. The highest BCUT2D eigenvalue weighted by Crippen LogP contribution is 2.43. The summed E-state index contributed by atoms with van der Waals surface area (Å²) < 4.78 is 10.6. The predicted molar refractivity (Wildman–Crippen MR) is 83.0 cm³/mol. The van der Waals surface area contributed by atoms with Crippen molar-refractivity contribution in [3.63, 3.8) is 0 Å². The van der Waals surface area contributed by atoms with Gasteiger partial charge in [0.05, 0.1) is 24.8 Å². The Morgan fingerprint density at radius 2 is 1.86 bits per heavy atom. The van der Waals surface area contributed by atoms with Crippen molar-refractivity contribution < 1.29 is 9.30 Å². The minimum atomic E-state index is 0.151. The topological polar surface area (TPSA) is 30.9 Å². The van der Waals surface area contributed by atoms with Gasteiger partial charge >= 0.3 is 0 Å². The fourth-order valence-electron chi connectivity index (χ4n) is 3.57. The Bertz CT molecular complexity index is 704. The average molecular weight is 288 g/mol. The van der Waals surface area contributed by atoms with Crippen LogP contribution in [0.25, 0.3) is 11.0 Å². The van der Waals surface area contributed by atoms with Crippen molar-refractivity contribution in [2.24, 2.45) is 25.9 Å². The molecule has 0 radical (unpaired) electrons. The number of aryl methyl sites for hydroxylation is 3. The van der Waals surface area contributed by atoms with Crippen molar-refractivity contribution in [1.29, 1.82) is 0 Å². The molecule has 1 aliphatic heterocycles. The van der Waals surface area contributed by atoms with E-state index in [4.69, 9.17) is 9.72 Å². The zero-order valence-electron chi connectivity index (χ0n) is 14.1. The van der Waals surface area contributed by atoms with Crippen molar-refractivity contribution in [3.8, 4) is 0 Å². The van der Waals surface area contributed by atoms with E-state index in [0.29, 0.717) is 17.9 Å². The largest absolute Gasteiger partial charge is 0.370 e. The van der Waals surface area contributed by atoms with E-state index in [2.05, 4.69) is 64.0 Å². The molecule has 0 bridgehead atoms. The fraction of sp³-hybridized carbons (Fsp3) is 0.647. The number of hydrogen-bond donors (Lipinski definition) is 0. The van der Waals surface area contributed by atoms with Crippen LogP contribution in [0.2, 0.25) is 0 Å². The Balaban J connectivity index is 2.21. The quantitative estimate of drug-likeness (QED) is 0.756. The first-order valence-corrected chi connectivity index (χ1v) is 7.80. The number of hydrogen-bond acceptors (Lipinski definition) is 2. The van der Waals surface area contributed by atoms with Crippen LogP contribution >= 0.6 is 0 Å². The molecule has 4 heteroatoms. The van der Waals surface area contributed by atoms with Gasteiger partial charge in [0.15, 0.2) is 0 Å². The maximum Gasteiger partial charge on any atom is 0.296 e. The van der Waals surface area contributed by atoms with Crippen molar-refractivity contribution in [3.05, 3.63) is 23.3 Å². The van der Waals surface area contributed by atoms with Crippen molar-refractivity contribution in [2.45, 2.75) is 46.8 Å². The lowest BCUT2D eigenvalue weighted by molar-refractivity contribution is -0.685. The number of ether oxygens (including phenoxy) is 1. The molecule has 0 spiro atoms. The third-order valence-electron chi connectivity index (χ3n) is 5.50. The summed E-state index contributed by atoms with van der Waals surface area (Å²) >= 11 is 0. The van der Waals surface area contributed by atoms with Crippen LogP contribution < -0.4 is 4.57 Å². The minimum absolute atomic E-state index is 0.151. The van der Waals surface area contributed by atoms with Gasteiger partial charge in [0.2, 0.25) is 5.52 Å². The molecule has 2 aromatic rings. The van der Waals surface area contributed by atoms with E-state index >= 15 is 0 Å². The van der Waals surface area contributed by atoms with E-state index in [-0.39, 0.29) is 6.10 Å². The highest BCUT2D eigenvalue weighted by Gasteiger charge is 2.40. The van der Waals surface area contributed by atoms with E-state index in [9.17, 15) is 0 Å². The van der Waals surface area contributed by atoms with Gasteiger partial charge in [-0.1, -0.05) is 13.8 Å². The maximum atomic E-state index is 6.24. The molecule has 4 unspecified atom stereocenters. The standard InChI is InChI=1S/C17H26N3O/c1-9-10(2)17(21-12(9)4)14-8-19(6)16-11(3)20(7)13(5)18-15(14)16/h8-10,12,17H,1-7H3/q+1. The van der Waals surface area contributed by atoms with E-state index in [1.807, 2.05) is 0 Å². The Morgan fingerprint density at radius 1 is 1.19 bits per heavy atom. The second kappa shape index (κ2) is 4.80. The SMILES string of the molecule is Cc1nc2c(C3OC(C)C(C)C3C)cn(C)c2c(C)[n+]1C. The molecular weight excluding hydrogens is 262 g/mol. The molecule has 3 heterocycles. The van der Waals surface area contributed by atoms with Gasteiger partial charge in [0.25, 0.3) is 5.82 Å². The van der Waals surface area contributed by atoms with Crippen LogP contribution in [0.15, 0.2) is 6.20 Å². The number of rotatable bonds is 1. The summed E-state index contributed by atoms with van der Waals surface area (Å²) in [6.07, 6.45) is 2.66. The highest BCUT2D eigenvalue weighted by atomic mass is 16.5. The second-order valence-corrected chi connectivity index (χ2v) is 6.68. The smallest absolute Gasteiger partial charge is 0.296 e. The maximum absolute atomic E-state index is 6.24. The van der Waals surface area contributed by atoms with Gasteiger partial charge in [-0.2, -0.15) is 0 Å². The summed E-state index contributed by atoms with van der Waals surface area (Å²) in [6, 6.07) is 0. The van der Waals surface area contributed by atoms with Crippen molar-refractivity contribution >= 4 is 11.0 Å². The van der Waals surface area contributed by atoms with Crippen LogP contribution in [-0.4, -0.2) is 15.7 Å². The lowest BCUT2D eigenvalue weighted by Gasteiger charge is -2.14. The zero-order valence-corrected chi connectivity index (χ0v) is 14.1. The van der Waals surface area contributed by atoms with Crippen LogP contribution in [0.3, 0.4) is 0 Å². The monoisotopic (exact) mass is 288 g/mol. The van der Waals surface area contributed by atoms with Crippen LogP contribution in [0.1, 0.15) is 44.0 Å². The first kappa shape index (κ1) is 14.5. The summed E-state index contributed by atoms with van der Waals surface area (Å²) in [6.45, 7) is 11.0. The lowest BCUT2D eigenvalue weighted by Crippen LogP contribution is -2.37. The second-order valence-electron chi connectivity index (χ2n) is 6.68. The molecule has 0 N–H and O–H groups in total.